The number of esters is 1. The summed E-state index contributed by atoms with van der Waals surface area (Å²) in [5.41, 5.74) is 0.377. The van der Waals surface area contributed by atoms with E-state index in [1.165, 1.54) is 24.6 Å². The third kappa shape index (κ3) is 7.54. The van der Waals surface area contributed by atoms with Crippen LogP contribution in [0.15, 0.2) is 29.2 Å². The van der Waals surface area contributed by atoms with Crippen molar-refractivity contribution >= 4 is 29.5 Å². The summed E-state index contributed by atoms with van der Waals surface area (Å²) in [4.78, 5) is 39.2. The molecule has 6 nitrogen and oxygen atoms in total. The summed E-state index contributed by atoms with van der Waals surface area (Å²) in [5, 5.41) is 2.82. The molecule has 2 rings (SSSR count). The molecule has 0 bridgehead atoms. The number of benzene rings is 1. The van der Waals surface area contributed by atoms with Gasteiger partial charge in [-0.3, -0.25) is 9.59 Å². The van der Waals surface area contributed by atoms with Crippen LogP contribution in [0.4, 0.5) is 0 Å². The number of thioether (sulfide) groups is 1. The average molecular weight is 407 g/mol. The summed E-state index contributed by atoms with van der Waals surface area (Å²) in [6, 6.07) is 7.06. The first kappa shape index (κ1) is 22.3. The zero-order valence-electron chi connectivity index (χ0n) is 16.9. The van der Waals surface area contributed by atoms with Gasteiger partial charge in [0.05, 0.1) is 11.3 Å². The van der Waals surface area contributed by atoms with E-state index >= 15 is 0 Å². The molecule has 1 aliphatic carbocycles. The molecule has 0 aliphatic heterocycles. The van der Waals surface area contributed by atoms with Crippen LogP contribution in [0, 0.1) is 5.92 Å². The van der Waals surface area contributed by atoms with Gasteiger partial charge in [0.1, 0.15) is 0 Å². The summed E-state index contributed by atoms with van der Waals surface area (Å²) < 4.78 is 5.29. The Morgan fingerprint density at radius 1 is 1.25 bits per heavy atom. The highest BCUT2D eigenvalue weighted by atomic mass is 32.2. The molecule has 1 aromatic rings. The molecule has 2 amide bonds. The van der Waals surface area contributed by atoms with E-state index in [1.807, 2.05) is 26.8 Å². The molecule has 0 unspecified atom stereocenters. The minimum Gasteiger partial charge on any atom is -0.452 e. The molecule has 0 spiro atoms. The van der Waals surface area contributed by atoms with E-state index in [1.54, 1.807) is 23.1 Å². The number of carbonyl (C=O) groups is 3. The van der Waals surface area contributed by atoms with Gasteiger partial charge in [-0.05, 0) is 51.2 Å². The van der Waals surface area contributed by atoms with Crippen molar-refractivity contribution in [3.8, 4) is 0 Å². The predicted molar refractivity (Wildman–Crippen MR) is 110 cm³/mol. The smallest absolute Gasteiger partial charge is 0.339 e. The van der Waals surface area contributed by atoms with Crippen LogP contribution in [-0.2, 0) is 14.3 Å². The van der Waals surface area contributed by atoms with Crippen molar-refractivity contribution in [2.24, 2.45) is 5.92 Å². The van der Waals surface area contributed by atoms with Crippen molar-refractivity contribution in [3.63, 3.8) is 0 Å². The SMILES string of the molecule is CCCN(CC1CC1)C(=O)COC(=O)c1ccccc1SCC(=O)NC(C)C. The lowest BCUT2D eigenvalue weighted by atomic mass is 10.2. The first-order valence-electron chi connectivity index (χ1n) is 9.86. The number of hydrogen-bond acceptors (Lipinski definition) is 5. The van der Waals surface area contributed by atoms with Crippen molar-refractivity contribution in [1.29, 1.82) is 0 Å². The second kappa shape index (κ2) is 11.1. The van der Waals surface area contributed by atoms with Crippen LogP contribution >= 0.6 is 11.8 Å². The van der Waals surface area contributed by atoms with E-state index in [4.69, 9.17) is 4.74 Å². The molecule has 7 heteroatoms. The van der Waals surface area contributed by atoms with E-state index < -0.39 is 5.97 Å². The molecule has 1 aliphatic rings. The molecular formula is C21H30N2O4S. The van der Waals surface area contributed by atoms with Crippen LogP contribution < -0.4 is 5.32 Å². The van der Waals surface area contributed by atoms with E-state index in [0.717, 1.165) is 13.0 Å². The zero-order chi connectivity index (χ0) is 20.5. The lowest BCUT2D eigenvalue weighted by Crippen LogP contribution is -2.36. The van der Waals surface area contributed by atoms with Crippen LogP contribution in [0.2, 0.25) is 0 Å². The van der Waals surface area contributed by atoms with Crippen LogP contribution in [0.5, 0.6) is 0 Å². The van der Waals surface area contributed by atoms with Gasteiger partial charge < -0.3 is 15.0 Å². The molecule has 1 N–H and O–H groups in total. The van der Waals surface area contributed by atoms with Crippen LogP contribution in [0.3, 0.4) is 0 Å². The number of ether oxygens (including phenoxy) is 1. The number of nitrogens with one attached hydrogen (secondary N) is 1. The molecule has 154 valence electrons. The third-order valence-corrected chi connectivity index (χ3v) is 5.34. The van der Waals surface area contributed by atoms with Crippen molar-refractivity contribution in [2.75, 3.05) is 25.4 Å². The number of amides is 2. The number of hydrogen-bond donors (Lipinski definition) is 1. The van der Waals surface area contributed by atoms with Crippen LogP contribution in [0.25, 0.3) is 0 Å². The highest BCUT2D eigenvalue weighted by molar-refractivity contribution is 8.00. The largest absolute Gasteiger partial charge is 0.452 e. The minimum atomic E-state index is -0.538. The average Bonchev–Trinajstić information content (AvgIpc) is 3.47. The highest BCUT2D eigenvalue weighted by Crippen LogP contribution is 2.30. The Hall–Kier alpha value is -2.02. The van der Waals surface area contributed by atoms with Gasteiger partial charge in [-0.25, -0.2) is 4.79 Å². The number of carbonyl (C=O) groups excluding carboxylic acids is 3. The molecule has 1 saturated carbocycles. The van der Waals surface area contributed by atoms with Gasteiger partial charge in [0, 0.05) is 24.0 Å². The second-order valence-corrected chi connectivity index (χ2v) is 8.38. The summed E-state index contributed by atoms with van der Waals surface area (Å²) in [6.07, 6.45) is 3.22. The zero-order valence-corrected chi connectivity index (χ0v) is 17.7. The van der Waals surface area contributed by atoms with Crippen molar-refractivity contribution in [1.82, 2.24) is 10.2 Å². The number of nitrogens with zero attached hydrogens (tertiary/aromatic N) is 1. The first-order chi connectivity index (χ1) is 13.4. The Labute approximate surface area is 171 Å². The number of rotatable bonds is 11. The molecule has 0 saturated heterocycles. The fourth-order valence-corrected chi connectivity index (χ4v) is 3.62. The fourth-order valence-electron chi connectivity index (χ4n) is 2.76. The Kier molecular flexibility index (Phi) is 8.83. The summed E-state index contributed by atoms with van der Waals surface area (Å²) in [7, 11) is 0. The molecule has 0 heterocycles. The van der Waals surface area contributed by atoms with Gasteiger partial charge in [0.15, 0.2) is 6.61 Å². The molecule has 1 aromatic carbocycles. The normalized spacial score (nSPS) is 13.3. The summed E-state index contributed by atoms with van der Waals surface area (Å²) in [5.74, 6) is 0.0358. The van der Waals surface area contributed by atoms with Gasteiger partial charge >= 0.3 is 5.97 Å². The van der Waals surface area contributed by atoms with Gasteiger partial charge in [0.25, 0.3) is 5.91 Å². The second-order valence-electron chi connectivity index (χ2n) is 7.37. The Morgan fingerprint density at radius 3 is 2.61 bits per heavy atom. The van der Waals surface area contributed by atoms with Gasteiger partial charge in [-0.2, -0.15) is 0 Å². The minimum absolute atomic E-state index is 0.0704. The molecule has 1 fully saturated rings. The predicted octanol–water partition coefficient (Wildman–Crippen LogP) is 3.11. The van der Waals surface area contributed by atoms with E-state index in [9.17, 15) is 14.4 Å². The molecule has 0 atom stereocenters. The van der Waals surface area contributed by atoms with Crippen molar-refractivity contribution < 1.29 is 19.1 Å². The maximum Gasteiger partial charge on any atom is 0.339 e. The van der Waals surface area contributed by atoms with E-state index in [-0.39, 0.29) is 30.2 Å². The van der Waals surface area contributed by atoms with Gasteiger partial charge in [-0.15, -0.1) is 11.8 Å². The van der Waals surface area contributed by atoms with Gasteiger partial charge in [-0.1, -0.05) is 19.1 Å². The molecular weight excluding hydrogens is 376 g/mol. The Morgan fingerprint density at radius 2 is 1.96 bits per heavy atom. The maximum atomic E-state index is 12.5. The first-order valence-corrected chi connectivity index (χ1v) is 10.8. The lowest BCUT2D eigenvalue weighted by molar-refractivity contribution is -0.134. The third-order valence-electron chi connectivity index (χ3n) is 4.26. The van der Waals surface area contributed by atoms with Gasteiger partial charge in [0.2, 0.25) is 5.91 Å². The summed E-state index contributed by atoms with van der Waals surface area (Å²) >= 11 is 1.28. The van der Waals surface area contributed by atoms with E-state index in [2.05, 4.69) is 5.32 Å². The Balaban J connectivity index is 1.90. The Bertz CT molecular complexity index is 689. The molecule has 28 heavy (non-hydrogen) atoms. The maximum absolute atomic E-state index is 12.5. The van der Waals surface area contributed by atoms with Crippen LogP contribution in [-0.4, -0.2) is 54.2 Å². The topological polar surface area (TPSA) is 75.7 Å². The van der Waals surface area contributed by atoms with Crippen LogP contribution in [0.1, 0.15) is 50.4 Å². The molecule has 0 radical (unpaired) electrons. The standard InChI is InChI=1S/C21H30N2O4S/c1-4-11-23(12-16-9-10-16)20(25)13-27-21(26)17-7-5-6-8-18(17)28-14-19(24)22-15(2)3/h5-8,15-16H,4,9-14H2,1-3H3,(H,22,24). The monoisotopic (exact) mass is 406 g/mol. The molecule has 0 aromatic heterocycles. The van der Waals surface area contributed by atoms with Crippen molar-refractivity contribution in [3.05, 3.63) is 29.8 Å². The fraction of sp³-hybridized carbons (Fsp3) is 0.571. The van der Waals surface area contributed by atoms with Crippen molar-refractivity contribution in [2.45, 2.75) is 51.0 Å². The van der Waals surface area contributed by atoms with E-state index in [0.29, 0.717) is 22.9 Å². The quantitative estimate of drug-likeness (QED) is 0.451. The highest BCUT2D eigenvalue weighted by Gasteiger charge is 2.27. The lowest BCUT2D eigenvalue weighted by Gasteiger charge is -2.21. The summed E-state index contributed by atoms with van der Waals surface area (Å²) in [6.45, 7) is 7.01.